The number of hydrogen-bond donors (Lipinski definition) is 0. The number of halogens is 2. The summed E-state index contributed by atoms with van der Waals surface area (Å²) in [5.74, 6) is 0. The van der Waals surface area contributed by atoms with Gasteiger partial charge in [-0.05, 0) is 90.0 Å². The number of hydrogen-bond acceptors (Lipinski definition) is 1. The Kier molecular flexibility index (Phi) is 5.89. The van der Waals surface area contributed by atoms with Crippen molar-refractivity contribution in [2.24, 2.45) is 0 Å². The average Bonchev–Trinajstić information content (AvgIpc) is 3.08. The fraction of sp³-hybridized carbons (Fsp3) is 0.281. The summed E-state index contributed by atoms with van der Waals surface area (Å²) in [5, 5.41) is 0. The highest BCUT2D eigenvalue weighted by molar-refractivity contribution is 9.10. The van der Waals surface area contributed by atoms with Gasteiger partial charge in [0.25, 0.3) is 0 Å². The highest BCUT2D eigenvalue weighted by Gasteiger charge is 2.48. The molecule has 4 aromatic rings. The molecule has 0 saturated carbocycles. The summed E-state index contributed by atoms with van der Waals surface area (Å²) in [5.41, 5.74) is 9.62. The van der Waals surface area contributed by atoms with Crippen LogP contribution in [0.15, 0.2) is 87.9 Å². The zero-order chi connectivity index (χ0) is 25.2. The standard InChI is InChI=1S/C32H31Br2N/c1-30(2,3)20-13-15-24-25-16-14-21(31(4,5)6)19-27(25)32(26(24)18-20,22-9-7-10-23(33)17-22)28-11-8-12-29(34)35-28/h7-19H,1-6H3. The summed E-state index contributed by atoms with van der Waals surface area (Å²) < 4.78 is 1.91. The lowest BCUT2D eigenvalue weighted by Crippen LogP contribution is -2.31. The molecular formula is C32H31Br2N. The molecule has 5 rings (SSSR count). The molecule has 3 aromatic carbocycles. The summed E-state index contributed by atoms with van der Waals surface area (Å²) in [7, 11) is 0. The quantitative estimate of drug-likeness (QED) is 0.187. The molecule has 1 aliphatic carbocycles. The largest absolute Gasteiger partial charge is 0.244 e. The first-order valence-electron chi connectivity index (χ1n) is 12.1. The monoisotopic (exact) mass is 587 g/mol. The van der Waals surface area contributed by atoms with Crippen molar-refractivity contribution in [3.05, 3.63) is 121 Å². The highest BCUT2D eigenvalue weighted by Crippen LogP contribution is 2.57. The molecule has 0 amide bonds. The van der Waals surface area contributed by atoms with E-state index in [1.807, 2.05) is 6.07 Å². The van der Waals surface area contributed by atoms with E-state index in [1.54, 1.807) is 0 Å². The molecule has 35 heavy (non-hydrogen) atoms. The van der Waals surface area contributed by atoms with E-state index in [1.165, 1.54) is 38.9 Å². The minimum Gasteiger partial charge on any atom is -0.244 e. The van der Waals surface area contributed by atoms with Gasteiger partial charge in [-0.3, -0.25) is 0 Å². The average molecular weight is 589 g/mol. The van der Waals surface area contributed by atoms with E-state index in [2.05, 4.69) is 146 Å². The van der Waals surface area contributed by atoms with Crippen molar-refractivity contribution in [2.45, 2.75) is 57.8 Å². The topological polar surface area (TPSA) is 12.9 Å². The van der Waals surface area contributed by atoms with Crippen LogP contribution in [0.5, 0.6) is 0 Å². The van der Waals surface area contributed by atoms with Crippen LogP contribution >= 0.6 is 31.9 Å². The lowest BCUT2D eigenvalue weighted by atomic mass is 9.68. The molecule has 0 saturated heterocycles. The van der Waals surface area contributed by atoms with Gasteiger partial charge in [-0.2, -0.15) is 0 Å². The Labute approximate surface area is 226 Å². The number of pyridine rings is 1. The van der Waals surface area contributed by atoms with Crippen LogP contribution in [0.2, 0.25) is 0 Å². The molecule has 0 aliphatic heterocycles. The molecule has 0 N–H and O–H groups in total. The third kappa shape index (κ3) is 4.01. The minimum atomic E-state index is -0.527. The van der Waals surface area contributed by atoms with Crippen molar-refractivity contribution < 1.29 is 0 Å². The smallest absolute Gasteiger partial charge is 0.106 e. The first-order valence-corrected chi connectivity index (χ1v) is 13.7. The molecular weight excluding hydrogens is 558 g/mol. The lowest BCUT2D eigenvalue weighted by Gasteiger charge is -2.34. The summed E-state index contributed by atoms with van der Waals surface area (Å²) in [6.45, 7) is 13.7. The molecule has 0 unspecified atom stereocenters. The molecule has 0 bridgehead atoms. The molecule has 1 nitrogen and oxygen atoms in total. The molecule has 1 aliphatic rings. The van der Waals surface area contributed by atoms with Crippen LogP contribution in [-0.4, -0.2) is 4.98 Å². The van der Waals surface area contributed by atoms with Crippen LogP contribution in [0.4, 0.5) is 0 Å². The number of aromatic nitrogens is 1. The van der Waals surface area contributed by atoms with Crippen molar-refractivity contribution in [3.63, 3.8) is 0 Å². The zero-order valence-corrected chi connectivity index (χ0v) is 24.4. The Morgan fingerprint density at radius 3 is 1.66 bits per heavy atom. The first kappa shape index (κ1) is 24.5. The Hall–Kier alpha value is -2.23. The summed E-state index contributed by atoms with van der Waals surface area (Å²) in [4.78, 5) is 5.12. The maximum Gasteiger partial charge on any atom is 0.106 e. The Balaban J connectivity index is 1.99. The van der Waals surface area contributed by atoms with Gasteiger partial charge in [-0.15, -0.1) is 0 Å². The molecule has 1 heterocycles. The Bertz CT molecular complexity index is 1330. The highest BCUT2D eigenvalue weighted by atomic mass is 79.9. The number of rotatable bonds is 2. The van der Waals surface area contributed by atoms with Gasteiger partial charge in [0.05, 0.1) is 11.1 Å². The van der Waals surface area contributed by atoms with Gasteiger partial charge in [0, 0.05) is 4.47 Å². The van der Waals surface area contributed by atoms with Crippen molar-refractivity contribution in [1.82, 2.24) is 4.98 Å². The number of fused-ring (bicyclic) bond motifs is 3. The number of benzene rings is 3. The molecule has 0 spiro atoms. The van der Waals surface area contributed by atoms with Crippen LogP contribution in [0.25, 0.3) is 11.1 Å². The third-order valence-corrected chi connectivity index (χ3v) is 8.16. The van der Waals surface area contributed by atoms with E-state index in [0.29, 0.717) is 0 Å². The second-order valence-electron chi connectivity index (χ2n) is 11.6. The van der Waals surface area contributed by atoms with Gasteiger partial charge in [0.15, 0.2) is 0 Å². The molecule has 178 valence electrons. The van der Waals surface area contributed by atoms with Gasteiger partial charge in [-0.25, -0.2) is 4.98 Å². The second-order valence-corrected chi connectivity index (χ2v) is 13.4. The van der Waals surface area contributed by atoms with Crippen molar-refractivity contribution in [2.75, 3.05) is 0 Å². The minimum absolute atomic E-state index is 0.0358. The van der Waals surface area contributed by atoms with Crippen molar-refractivity contribution >= 4 is 31.9 Å². The van der Waals surface area contributed by atoms with E-state index in [4.69, 9.17) is 4.98 Å². The zero-order valence-electron chi connectivity index (χ0n) is 21.2. The summed E-state index contributed by atoms with van der Waals surface area (Å²) in [6, 6.07) is 29.1. The van der Waals surface area contributed by atoms with E-state index in [9.17, 15) is 0 Å². The maximum absolute atomic E-state index is 5.12. The van der Waals surface area contributed by atoms with E-state index >= 15 is 0 Å². The van der Waals surface area contributed by atoms with Crippen LogP contribution in [0.3, 0.4) is 0 Å². The van der Waals surface area contributed by atoms with Crippen LogP contribution in [-0.2, 0) is 16.2 Å². The van der Waals surface area contributed by atoms with Crippen molar-refractivity contribution in [1.29, 1.82) is 0 Å². The molecule has 0 atom stereocenters. The van der Waals surface area contributed by atoms with Crippen LogP contribution < -0.4 is 0 Å². The molecule has 3 heteroatoms. The van der Waals surface area contributed by atoms with Gasteiger partial charge in [0.1, 0.15) is 4.60 Å². The Morgan fingerprint density at radius 2 is 1.17 bits per heavy atom. The fourth-order valence-corrected chi connectivity index (χ4v) is 6.07. The molecule has 0 radical (unpaired) electrons. The predicted octanol–water partition coefficient (Wildman–Crippen LogP) is 9.56. The summed E-state index contributed by atoms with van der Waals surface area (Å²) in [6.07, 6.45) is 0. The van der Waals surface area contributed by atoms with E-state index < -0.39 is 5.41 Å². The van der Waals surface area contributed by atoms with Gasteiger partial charge < -0.3 is 0 Å². The van der Waals surface area contributed by atoms with Gasteiger partial charge >= 0.3 is 0 Å². The van der Waals surface area contributed by atoms with Crippen LogP contribution in [0.1, 0.15) is 75.1 Å². The number of nitrogens with zero attached hydrogens (tertiary/aromatic N) is 1. The van der Waals surface area contributed by atoms with Gasteiger partial charge in [-0.1, -0.05) is 112 Å². The predicted molar refractivity (Wildman–Crippen MR) is 154 cm³/mol. The van der Waals surface area contributed by atoms with Crippen molar-refractivity contribution in [3.8, 4) is 11.1 Å². The van der Waals surface area contributed by atoms with E-state index in [0.717, 1.165) is 14.8 Å². The van der Waals surface area contributed by atoms with E-state index in [-0.39, 0.29) is 10.8 Å². The molecule has 1 aromatic heterocycles. The maximum atomic E-state index is 5.12. The van der Waals surface area contributed by atoms with Gasteiger partial charge in [0.2, 0.25) is 0 Å². The Morgan fingerprint density at radius 1 is 0.629 bits per heavy atom. The SMILES string of the molecule is CC(C)(C)c1ccc2c(c1)C(c1cccc(Br)c1)(c1cccc(Br)n1)c1cc(C(C)(C)C)ccc1-2. The second kappa shape index (κ2) is 8.42. The molecule has 0 fully saturated rings. The normalized spacial score (nSPS) is 14.5. The third-order valence-electron chi connectivity index (χ3n) is 7.23. The lowest BCUT2D eigenvalue weighted by molar-refractivity contribution is 0.585. The van der Waals surface area contributed by atoms with Crippen LogP contribution in [0, 0.1) is 0 Å². The fourth-order valence-electron chi connectivity index (χ4n) is 5.33. The summed E-state index contributed by atoms with van der Waals surface area (Å²) >= 11 is 7.44. The first-order chi connectivity index (χ1) is 16.4.